The van der Waals surface area contributed by atoms with E-state index in [1.54, 1.807) is 12.1 Å². The maximum atomic E-state index is 13.7. The SMILES string of the molecule is COc1ccc(NCc2c(C)oc3ccccc23)cc1F. The van der Waals surface area contributed by atoms with Crippen molar-refractivity contribution in [2.75, 3.05) is 12.4 Å². The number of hydrogen-bond donors (Lipinski definition) is 1. The molecule has 2 aromatic carbocycles. The molecule has 0 amide bonds. The summed E-state index contributed by atoms with van der Waals surface area (Å²) in [5, 5.41) is 4.30. The summed E-state index contributed by atoms with van der Waals surface area (Å²) in [5.74, 6) is 0.736. The van der Waals surface area contributed by atoms with Gasteiger partial charge in [-0.15, -0.1) is 0 Å². The topological polar surface area (TPSA) is 34.4 Å². The van der Waals surface area contributed by atoms with Crippen LogP contribution in [0.1, 0.15) is 11.3 Å². The highest BCUT2D eigenvalue weighted by Gasteiger charge is 2.10. The molecule has 108 valence electrons. The lowest BCUT2D eigenvalue weighted by Crippen LogP contribution is -2.01. The molecule has 0 saturated carbocycles. The molecule has 1 N–H and O–H groups in total. The molecule has 0 fully saturated rings. The van der Waals surface area contributed by atoms with E-state index in [-0.39, 0.29) is 11.6 Å². The van der Waals surface area contributed by atoms with Gasteiger partial charge in [0.05, 0.1) is 7.11 Å². The summed E-state index contributed by atoms with van der Waals surface area (Å²) in [6.45, 7) is 2.51. The van der Waals surface area contributed by atoms with Gasteiger partial charge >= 0.3 is 0 Å². The van der Waals surface area contributed by atoms with Gasteiger partial charge in [-0.2, -0.15) is 0 Å². The first-order chi connectivity index (χ1) is 10.2. The largest absolute Gasteiger partial charge is 0.494 e. The first-order valence-electron chi connectivity index (χ1n) is 6.73. The van der Waals surface area contributed by atoms with Crippen LogP contribution in [0.3, 0.4) is 0 Å². The second-order valence-corrected chi connectivity index (χ2v) is 4.84. The normalized spacial score (nSPS) is 10.8. The molecule has 0 bridgehead atoms. The Morgan fingerprint density at radius 2 is 2.00 bits per heavy atom. The van der Waals surface area contributed by atoms with Crippen LogP contribution in [0, 0.1) is 12.7 Å². The summed E-state index contributed by atoms with van der Waals surface area (Å²) in [5.41, 5.74) is 2.66. The summed E-state index contributed by atoms with van der Waals surface area (Å²) < 4.78 is 24.3. The summed E-state index contributed by atoms with van der Waals surface area (Å²) in [6.07, 6.45) is 0. The predicted molar refractivity (Wildman–Crippen MR) is 81.2 cm³/mol. The summed E-state index contributed by atoms with van der Waals surface area (Å²) in [7, 11) is 1.45. The number of benzene rings is 2. The zero-order valence-electron chi connectivity index (χ0n) is 11.9. The van der Waals surface area contributed by atoms with Gasteiger partial charge in [0.2, 0.25) is 0 Å². The number of hydrogen-bond acceptors (Lipinski definition) is 3. The first-order valence-corrected chi connectivity index (χ1v) is 6.73. The summed E-state index contributed by atoms with van der Waals surface area (Å²) in [4.78, 5) is 0. The van der Waals surface area contributed by atoms with Crippen LogP contribution >= 0.6 is 0 Å². The molecular weight excluding hydrogens is 269 g/mol. The molecular formula is C17H16FNO2. The number of methoxy groups -OCH3 is 1. The van der Waals surface area contributed by atoms with Crippen molar-refractivity contribution in [3.63, 3.8) is 0 Å². The number of nitrogens with one attached hydrogen (secondary N) is 1. The van der Waals surface area contributed by atoms with E-state index >= 15 is 0 Å². The van der Waals surface area contributed by atoms with Crippen molar-refractivity contribution in [2.24, 2.45) is 0 Å². The fourth-order valence-corrected chi connectivity index (χ4v) is 2.41. The maximum absolute atomic E-state index is 13.7. The van der Waals surface area contributed by atoms with E-state index in [2.05, 4.69) is 5.32 Å². The smallest absolute Gasteiger partial charge is 0.167 e. The van der Waals surface area contributed by atoms with E-state index < -0.39 is 0 Å². The molecule has 1 aromatic heterocycles. The molecule has 3 nitrogen and oxygen atoms in total. The quantitative estimate of drug-likeness (QED) is 0.766. The second-order valence-electron chi connectivity index (χ2n) is 4.84. The molecule has 3 aromatic rings. The molecule has 0 saturated heterocycles. The third kappa shape index (κ3) is 2.57. The number of ether oxygens (including phenoxy) is 1. The lowest BCUT2D eigenvalue weighted by Gasteiger charge is -2.08. The number of para-hydroxylation sites is 1. The van der Waals surface area contributed by atoms with Crippen LogP contribution in [-0.4, -0.2) is 7.11 Å². The van der Waals surface area contributed by atoms with Crippen LogP contribution in [0.25, 0.3) is 11.0 Å². The van der Waals surface area contributed by atoms with Crippen molar-refractivity contribution >= 4 is 16.7 Å². The Morgan fingerprint density at radius 1 is 1.19 bits per heavy atom. The van der Waals surface area contributed by atoms with Gasteiger partial charge in [0, 0.05) is 29.2 Å². The molecule has 21 heavy (non-hydrogen) atoms. The number of rotatable bonds is 4. The summed E-state index contributed by atoms with van der Waals surface area (Å²) >= 11 is 0. The first kappa shape index (κ1) is 13.5. The van der Waals surface area contributed by atoms with E-state index in [0.29, 0.717) is 12.2 Å². The average molecular weight is 285 g/mol. The third-order valence-electron chi connectivity index (χ3n) is 3.52. The Labute approximate surface area is 122 Å². The van der Waals surface area contributed by atoms with Crippen LogP contribution in [-0.2, 0) is 6.54 Å². The highest BCUT2D eigenvalue weighted by atomic mass is 19.1. The molecule has 0 unspecified atom stereocenters. The monoisotopic (exact) mass is 285 g/mol. The van der Waals surface area contributed by atoms with Crippen LogP contribution in [0.4, 0.5) is 10.1 Å². The Kier molecular flexibility index (Phi) is 3.52. The molecule has 0 spiro atoms. The standard InChI is InChI=1S/C17H16FNO2/c1-11-14(13-5-3-4-6-16(13)21-11)10-19-12-7-8-17(20-2)15(18)9-12/h3-9,19H,10H2,1-2H3. The minimum Gasteiger partial charge on any atom is -0.494 e. The third-order valence-corrected chi connectivity index (χ3v) is 3.52. The van der Waals surface area contributed by atoms with Crippen LogP contribution in [0.15, 0.2) is 46.9 Å². The van der Waals surface area contributed by atoms with Gasteiger partial charge in [0.1, 0.15) is 11.3 Å². The fourth-order valence-electron chi connectivity index (χ4n) is 2.41. The lowest BCUT2D eigenvalue weighted by molar-refractivity contribution is 0.386. The predicted octanol–water partition coefficient (Wildman–Crippen LogP) is 4.50. The van der Waals surface area contributed by atoms with Gasteiger partial charge in [-0.25, -0.2) is 4.39 Å². The van der Waals surface area contributed by atoms with Gasteiger partial charge in [0.15, 0.2) is 11.6 Å². The van der Waals surface area contributed by atoms with Gasteiger partial charge in [-0.3, -0.25) is 0 Å². The molecule has 1 heterocycles. The van der Waals surface area contributed by atoms with Crippen molar-refractivity contribution in [1.29, 1.82) is 0 Å². The van der Waals surface area contributed by atoms with Crippen LogP contribution in [0.2, 0.25) is 0 Å². The summed E-state index contributed by atoms with van der Waals surface area (Å²) in [6, 6.07) is 12.7. The van der Waals surface area contributed by atoms with Gasteiger partial charge < -0.3 is 14.5 Å². The molecule has 0 aliphatic rings. The number of fused-ring (bicyclic) bond motifs is 1. The molecule has 0 aliphatic carbocycles. The van der Waals surface area contributed by atoms with Crippen molar-refractivity contribution in [3.8, 4) is 5.75 Å². The Morgan fingerprint density at radius 3 is 2.76 bits per heavy atom. The number of aryl methyl sites for hydroxylation is 1. The molecule has 3 rings (SSSR count). The molecule has 4 heteroatoms. The number of furan rings is 1. The Bertz CT molecular complexity index is 780. The number of halogens is 1. The van der Waals surface area contributed by atoms with Gasteiger partial charge in [-0.05, 0) is 25.1 Å². The minimum atomic E-state index is -0.378. The minimum absolute atomic E-state index is 0.241. The maximum Gasteiger partial charge on any atom is 0.167 e. The van der Waals surface area contributed by atoms with E-state index in [1.165, 1.54) is 13.2 Å². The van der Waals surface area contributed by atoms with Crippen molar-refractivity contribution in [1.82, 2.24) is 0 Å². The highest BCUT2D eigenvalue weighted by Crippen LogP contribution is 2.27. The van der Waals surface area contributed by atoms with E-state index in [4.69, 9.17) is 9.15 Å². The molecule has 0 aliphatic heterocycles. The van der Waals surface area contributed by atoms with Crippen molar-refractivity contribution < 1.29 is 13.5 Å². The van der Waals surface area contributed by atoms with Crippen molar-refractivity contribution in [2.45, 2.75) is 13.5 Å². The van der Waals surface area contributed by atoms with Crippen molar-refractivity contribution in [3.05, 3.63) is 59.6 Å². The van der Waals surface area contributed by atoms with Gasteiger partial charge in [-0.1, -0.05) is 18.2 Å². The van der Waals surface area contributed by atoms with E-state index in [1.807, 2.05) is 31.2 Å². The second kappa shape index (κ2) is 5.48. The molecule has 0 atom stereocenters. The number of anilines is 1. The molecule has 0 radical (unpaired) electrons. The highest BCUT2D eigenvalue weighted by molar-refractivity contribution is 5.82. The van der Waals surface area contributed by atoms with Crippen LogP contribution < -0.4 is 10.1 Å². The van der Waals surface area contributed by atoms with E-state index in [0.717, 1.165) is 22.3 Å². The Balaban J connectivity index is 1.83. The zero-order valence-corrected chi connectivity index (χ0v) is 11.9. The van der Waals surface area contributed by atoms with Gasteiger partial charge in [0.25, 0.3) is 0 Å². The van der Waals surface area contributed by atoms with E-state index in [9.17, 15) is 4.39 Å². The Hall–Kier alpha value is -2.49. The lowest BCUT2D eigenvalue weighted by atomic mass is 10.1. The van der Waals surface area contributed by atoms with Crippen LogP contribution in [0.5, 0.6) is 5.75 Å². The zero-order chi connectivity index (χ0) is 14.8. The average Bonchev–Trinajstić information content (AvgIpc) is 2.81. The fraction of sp³-hybridized carbons (Fsp3) is 0.176.